The van der Waals surface area contributed by atoms with Crippen LogP contribution in [0.15, 0.2) is 48.1 Å². The summed E-state index contributed by atoms with van der Waals surface area (Å²) in [5.41, 5.74) is 7.51. The van der Waals surface area contributed by atoms with Crippen LogP contribution in [0, 0.1) is 10.8 Å². The van der Waals surface area contributed by atoms with E-state index < -0.39 is 0 Å². The first-order valence-electron chi connectivity index (χ1n) is 9.45. The summed E-state index contributed by atoms with van der Waals surface area (Å²) >= 11 is 0. The van der Waals surface area contributed by atoms with Crippen molar-refractivity contribution in [1.82, 2.24) is 0 Å². The second-order valence-electron chi connectivity index (χ2n) is 7.94. The van der Waals surface area contributed by atoms with E-state index in [0.717, 1.165) is 12.8 Å². The van der Waals surface area contributed by atoms with Crippen molar-refractivity contribution >= 4 is 11.1 Å². The van der Waals surface area contributed by atoms with Crippen LogP contribution in [0.4, 0.5) is 0 Å². The van der Waals surface area contributed by atoms with E-state index in [0.29, 0.717) is 5.41 Å². The lowest BCUT2D eigenvalue weighted by Crippen LogP contribution is -2.33. The van der Waals surface area contributed by atoms with Crippen molar-refractivity contribution < 1.29 is 0 Å². The molecule has 2 rings (SSSR count). The maximum atomic E-state index is 2.49. The Morgan fingerprint density at radius 2 is 1.71 bits per heavy atom. The molecule has 1 aromatic carbocycles. The zero-order valence-corrected chi connectivity index (χ0v) is 16.7. The standard InChI is InChI=1S/C24H34/c1-8-11-22-23(5,6)21(16-17-24(22,7)10-3)20-14-12-19(13-15-20)18(4)9-2/h9,11-16H,8,10,17H2,1-7H3/b18-9+,22-11-/t24-/m0/s1. The zero-order chi connectivity index (χ0) is 18.0. The van der Waals surface area contributed by atoms with Crippen LogP contribution in [0.25, 0.3) is 11.1 Å². The number of benzene rings is 1. The highest BCUT2D eigenvalue weighted by Gasteiger charge is 2.41. The topological polar surface area (TPSA) is 0 Å². The van der Waals surface area contributed by atoms with E-state index in [1.54, 1.807) is 5.57 Å². The lowest BCUT2D eigenvalue weighted by Gasteiger charge is -2.46. The molecular formula is C24H34. The van der Waals surface area contributed by atoms with Crippen molar-refractivity contribution in [2.75, 3.05) is 0 Å². The van der Waals surface area contributed by atoms with Gasteiger partial charge in [0.15, 0.2) is 0 Å². The molecule has 0 saturated carbocycles. The van der Waals surface area contributed by atoms with E-state index in [2.05, 4.69) is 91.0 Å². The van der Waals surface area contributed by atoms with E-state index in [9.17, 15) is 0 Å². The van der Waals surface area contributed by atoms with Crippen LogP contribution in [0.5, 0.6) is 0 Å². The Balaban J connectivity index is 2.49. The Bertz CT molecular complexity index is 664. The largest absolute Gasteiger partial charge is 0.0842 e. The maximum absolute atomic E-state index is 2.49. The lowest BCUT2D eigenvalue weighted by molar-refractivity contribution is 0.310. The highest BCUT2D eigenvalue weighted by molar-refractivity contribution is 5.76. The fourth-order valence-electron chi connectivity index (χ4n) is 4.19. The molecule has 0 aliphatic heterocycles. The van der Waals surface area contributed by atoms with Gasteiger partial charge < -0.3 is 0 Å². The van der Waals surface area contributed by atoms with Gasteiger partial charge in [0.2, 0.25) is 0 Å². The van der Waals surface area contributed by atoms with Crippen molar-refractivity contribution in [3.05, 3.63) is 59.2 Å². The van der Waals surface area contributed by atoms with Crippen LogP contribution in [-0.2, 0) is 0 Å². The van der Waals surface area contributed by atoms with Gasteiger partial charge in [0.05, 0.1) is 0 Å². The summed E-state index contributed by atoms with van der Waals surface area (Å²) < 4.78 is 0. The molecule has 24 heavy (non-hydrogen) atoms. The molecule has 0 fully saturated rings. The quantitative estimate of drug-likeness (QED) is 0.499. The van der Waals surface area contributed by atoms with Gasteiger partial charge in [0.25, 0.3) is 0 Å². The molecule has 0 heterocycles. The Morgan fingerprint density at radius 1 is 1.08 bits per heavy atom. The Morgan fingerprint density at radius 3 is 2.21 bits per heavy atom. The maximum Gasteiger partial charge on any atom is 0.0113 e. The van der Waals surface area contributed by atoms with Gasteiger partial charge in [-0.25, -0.2) is 0 Å². The zero-order valence-electron chi connectivity index (χ0n) is 16.7. The average molecular weight is 323 g/mol. The Hall–Kier alpha value is -1.56. The Labute approximate surface area is 149 Å². The molecule has 0 spiro atoms. The minimum Gasteiger partial charge on any atom is -0.0842 e. The Kier molecular flexibility index (Phi) is 5.58. The van der Waals surface area contributed by atoms with Crippen molar-refractivity contribution in [2.24, 2.45) is 10.8 Å². The van der Waals surface area contributed by atoms with Crippen molar-refractivity contribution in [2.45, 2.75) is 67.7 Å². The van der Waals surface area contributed by atoms with E-state index in [1.165, 1.54) is 28.7 Å². The molecule has 0 radical (unpaired) electrons. The van der Waals surface area contributed by atoms with Gasteiger partial charge in [-0.3, -0.25) is 0 Å². The van der Waals surface area contributed by atoms with Gasteiger partial charge in [-0.2, -0.15) is 0 Å². The molecule has 0 heteroatoms. The second-order valence-corrected chi connectivity index (χ2v) is 7.94. The fraction of sp³-hybridized carbons (Fsp3) is 0.500. The third-order valence-corrected chi connectivity index (χ3v) is 6.03. The van der Waals surface area contributed by atoms with Gasteiger partial charge in [-0.15, -0.1) is 0 Å². The molecule has 130 valence electrons. The van der Waals surface area contributed by atoms with Gasteiger partial charge in [0, 0.05) is 5.41 Å². The minimum atomic E-state index is 0.0934. The molecule has 1 aliphatic rings. The third kappa shape index (κ3) is 3.29. The molecule has 0 saturated heterocycles. The predicted molar refractivity (Wildman–Crippen MR) is 109 cm³/mol. The van der Waals surface area contributed by atoms with Crippen LogP contribution >= 0.6 is 0 Å². The van der Waals surface area contributed by atoms with Crippen LogP contribution < -0.4 is 0 Å². The predicted octanol–water partition coefficient (Wildman–Crippen LogP) is 7.68. The SMILES string of the molecule is C/C=C(\C)c1ccc(C2=CC[C@](C)(CC)/C(=C\CC)C2(C)C)cc1. The summed E-state index contributed by atoms with van der Waals surface area (Å²) in [6, 6.07) is 9.12. The molecule has 0 bridgehead atoms. The van der Waals surface area contributed by atoms with Crippen LogP contribution in [0.2, 0.25) is 0 Å². The van der Waals surface area contributed by atoms with Gasteiger partial charge in [-0.1, -0.05) is 82.7 Å². The molecule has 1 aliphatic carbocycles. The first-order valence-corrected chi connectivity index (χ1v) is 9.45. The fourth-order valence-corrected chi connectivity index (χ4v) is 4.19. The molecule has 0 amide bonds. The van der Waals surface area contributed by atoms with Gasteiger partial charge >= 0.3 is 0 Å². The summed E-state index contributed by atoms with van der Waals surface area (Å²) in [5, 5.41) is 0. The highest BCUT2D eigenvalue weighted by Crippen LogP contribution is 2.55. The normalized spacial score (nSPS) is 25.7. The van der Waals surface area contributed by atoms with Crippen molar-refractivity contribution in [1.29, 1.82) is 0 Å². The highest BCUT2D eigenvalue weighted by atomic mass is 14.5. The van der Waals surface area contributed by atoms with E-state index in [-0.39, 0.29) is 5.41 Å². The van der Waals surface area contributed by atoms with E-state index in [1.807, 2.05) is 0 Å². The van der Waals surface area contributed by atoms with Crippen LogP contribution in [-0.4, -0.2) is 0 Å². The van der Waals surface area contributed by atoms with Crippen molar-refractivity contribution in [3.8, 4) is 0 Å². The minimum absolute atomic E-state index is 0.0934. The van der Waals surface area contributed by atoms with Crippen LogP contribution in [0.3, 0.4) is 0 Å². The van der Waals surface area contributed by atoms with Gasteiger partial charge in [0.1, 0.15) is 0 Å². The molecular weight excluding hydrogens is 288 g/mol. The number of allylic oxidation sites excluding steroid dienone is 6. The number of hydrogen-bond acceptors (Lipinski definition) is 0. The number of hydrogen-bond donors (Lipinski definition) is 0. The first kappa shape index (κ1) is 18.8. The summed E-state index contributed by atoms with van der Waals surface area (Å²) in [4.78, 5) is 0. The summed E-state index contributed by atoms with van der Waals surface area (Å²) in [6.07, 6.45) is 10.6. The molecule has 1 atom stereocenters. The van der Waals surface area contributed by atoms with Crippen molar-refractivity contribution in [3.63, 3.8) is 0 Å². The molecule has 0 N–H and O–H groups in total. The summed E-state index contributed by atoms with van der Waals surface area (Å²) in [7, 11) is 0. The average Bonchev–Trinajstić information content (AvgIpc) is 2.58. The lowest BCUT2D eigenvalue weighted by atomic mass is 9.58. The monoisotopic (exact) mass is 322 g/mol. The van der Waals surface area contributed by atoms with Gasteiger partial charge in [-0.05, 0) is 60.8 Å². The molecule has 0 nitrogen and oxygen atoms in total. The molecule has 0 unspecified atom stereocenters. The smallest absolute Gasteiger partial charge is 0.0113 e. The second kappa shape index (κ2) is 7.13. The summed E-state index contributed by atoms with van der Waals surface area (Å²) in [5.74, 6) is 0. The van der Waals surface area contributed by atoms with E-state index in [4.69, 9.17) is 0 Å². The van der Waals surface area contributed by atoms with Crippen LogP contribution in [0.1, 0.15) is 78.9 Å². The first-order chi connectivity index (χ1) is 11.3. The number of rotatable bonds is 4. The molecule has 1 aromatic rings. The summed E-state index contributed by atoms with van der Waals surface area (Å²) in [6.45, 7) is 16.1. The van der Waals surface area contributed by atoms with E-state index >= 15 is 0 Å². The molecule has 0 aromatic heterocycles. The third-order valence-electron chi connectivity index (χ3n) is 6.03.